The van der Waals surface area contributed by atoms with Gasteiger partial charge in [-0.15, -0.1) is 0 Å². The Hall–Kier alpha value is -2.30. The van der Waals surface area contributed by atoms with Crippen LogP contribution in [-0.4, -0.2) is 23.1 Å². The third-order valence-corrected chi connectivity index (χ3v) is 3.27. The summed E-state index contributed by atoms with van der Waals surface area (Å²) in [7, 11) is 0. The van der Waals surface area contributed by atoms with Crippen molar-refractivity contribution in [2.24, 2.45) is 0 Å². The fraction of sp³-hybridized carbons (Fsp3) is 0.286. The predicted octanol–water partition coefficient (Wildman–Crippen LogP) is 2.40. The molecular formula is C14H17N5. The maximum absolute atomic E-state index is 5.55. The fourth-order valence-corrected chi connectivity index (χ4v) is 2.26. The average Bonchev–Trinajstić information content (AvgIpc) is 2.96. The van der Waals surface area contributed by atoms with Crippen molar-refractivity contribution in [1.29, 1.82) is 0 Å². The normalized spacial score (nSPS) is 14.6. The predicted molar refractivity (Wildman–Crippen MR) is 77.6 cm³/mol. The van der Waals surface area contributed by atoms with Crippen molar-refractivity contribution in [3.63, 3.8) is 0 Å². The number of aromatic nitrogens is 2. The van der Waals surface area contributed by atoms with Crippen molar-refractivity contribution < 1.29 is 0 Å². The van der Waals surface area contributed by atoms with Gasteiger partial charge in [-0.2, -0.15) is 0 Å². The first-order chi connectivity index (χ1) is 9.31. The number of nitrogens with zero attached hydrogens (tertiary/aromatic N) is 3. The molecule has 0 bridgehead atoms. The van der Waals surface area contributed by atoms with Gasteiger partial charge in [0.25, 0.3) is 0 Å². The maximum Gasteiger partial charge on any atom is 0.227 e. The Labute approximate surface area is 112 Å². The van der Waals surface area contributed by atoms with E-state index in [9.17, 15) is 0 Å². The summed E-state index contributed by atoms with van der Waals surface area (Å²) in [4.78, 5) is 10.6. The van der Waals surface area contributed by atoms with E-state index < -0.39 is 0 Å². The summed E-state index contributed by atoms with van der Waals surface area (Å²) in [5.41, 5.74) is 8.37. The van der Waals surface area contributed by atoms with Gasteiger partial charge < -0.3 is 16.0 Å². The van der Waals surface area contributed by atoms with Gasteiger partial charge in [0.05, 0.1) is 18.1 Å². The minimum atomic E-state index is 0.558. The van der Waals surface area contributed by atoms with Crippen molar-refractivity contribution >= 4 is 23.0 Å². The lowest BCUT2D eigenvalue weighted by Gasteiger charge is -2.17. The zero-order chi connectivity index (χ0) is 13.1. The summed E-state index contributed by atoms with van der Waals surface area (Å²) < 4.78 is 0. The van der Waals surface area contributed by atoms with E-state index in [4.69, 9.17) is 5.73 Å². The highest BCUT2D eigenvalue weighted by Crippen LogP contribution is 2.23. The monoisotopic (exact) mass is 255 g/mol. The van der Waals surface area contributed by atoms with Gasteiger partial charge in [0.1, 0.15) is 0 Å². The molecule has 0 amide bonds. The molecule has 1 aliphatic heterocycles. The molecule has 0 radical (unpaired) electrons. The summed E-state index contributed by atoms with van der Waals surface area (Å²) in [6.07, 6.45) is 5.76. The van der Waals surface area contributed by atoms with Crippen LogP contribution in [-0.2, 0) is 0 Å². The van der Waals surface area contributed by atoms with Gasteiger partial charge in [0.15, 0.2) is 0 Å². The largest absolute Gasteiger partial charge is 0.396 e. The second-order valence-electron chi connectivity index (χ2n) is 4.71. The van der Waals surface area contributed by atoms with Crippen LogP contribution in [0.1, 0.15) is 12.8 Å². The Morgan fingerprint density at radius 3 is 2.26 bits per heavy atom. The molecule has 3 rings (SSSR count). The Kier molecular flexibility index (Phi) is 3.18. The molecule has 2 aromatic rings. The van der Waals surface area contributed by atoms with E-state index >= 15 is 0 Å². The molecule has 0 unspecified atom stereocenters. The van der Waals surface area contributed by atoms with Gasteiger partial charge >= 0.3 is 0 Å². The average molecular weight is 255 g/mol. The lowest BCUT2D eigenvalue weighted by Crippen LogP contribution is -2.17. The molecule has 5 nitrogen and oxygen atoms in total. The zero-order valence-electron chi connectivity index (χ0n) is 10.7. The van der Waals surface area contributed by atoms with Gasteiger partial charge in [-0.05, 0) is 37.1 Å². The maximum atomic E-state index is 5.55. The van der Waals surface area contributed by atoms with E-state index in [1.54, 1.807) is 12.4 Å². The lowest BCUT2D eigenvalue weighted by molar-refractivity contribution is 0.949. The molecule has 1 fully saturated rings. The number of nitrogen functional groups attached to an aromatic ring is 1. The first-order valence-electron chi connectivity index (χ1n) is 6.51. The Morgan fingerprint density at radius 2 is 1.63 bits per heavy atom. The van der Waals surface area contributed by atoms with Gasteiger partial charge in [0.2, 0.25) is 5.95 Å². The fourth-order valence-electron chi connectivity index (χ4n) is 2.26. The van der Waals surface area contributed by atoms with E-state index in [1.807, 2.05) is 12.1 Å². The third-order valence-electron chi connectivity index (χ3n) is 3.27. The number of rotatable bonds is 3. The SMILES string of the molecule is Nc1cnc(Nc2ccc(N3CCCC3)cc2)nc1. The molecule has 0 saturated carbocycles. The van der Waals surface area contributed by atoms with Crippen LogP contribution >= 0.6 is 0 Å². The van der Waals surface area contributed by atoms with Crippen LogP contribution in [0.4, 0.5) is 23.0 Å². The summed E-state index contributed by atoms with van der Waals surface area (Å²) in [6, 6.07) is 8.36. The molecule has 1 saturated heterocycles. The van der Waals surface area contributed by atoms with Crippen LogP contribution in [0, 0.1) is 0 Å². The Bertz CT molecular complexity index is 529. The minimum Gasteiger partial charge on any atom is -0.396 e. The molecule has 1 aliphatic rings. The summed E-state index contributed by atoms with van der Waals surface area (Å²) >= 11 is 0. The molecule has 98 valence electrons. The molecule has 0 spiro atoms. The number of hydrogen-bond donors (Lipinski definition) is 2. The zero-order valence-corrected chi connectivity index (χ0v) is 10.7. The minimum absolute atomic E-state index is 0.558. The van der Waals surface area contributed by atoms with E-state index in [0.29, 0.717) is 11.6 Å². The van der Waals surface area contributed by atoms with Gasteiger partial charge in [-0.1, -0.05) is 0 Å². The van der Waals surface area contributed by atoms with Crippen LogP contribution in [0.2, 0.25) is 0 Å². The van der Waals surface area contributed by atoms with Crippen LogP contribution in [0.25, 0.3) is 0 Å². The molecule has 0 atom stereocenters. The quantitative estimate of drug-likeness (QED) is 0.881. The molecule has 1 aromatic carbocycles. The molecule has 19 heavy (non-hydrogen) atoms. The topological polar surface area (TPSA) is 67.1 Å². The van der Waals surface area contributed by atoms with Gasteiger partial charge in [0, 0.05) is 24.5 Å². The van der Waals surface area contributed by atoms with E-state index in [1.165, 1.54) is 18.5 Å². The van der Waals surface area contributed by atoms with Crippen LogP contribution in [0.15, 0.2) is 36.7 Å². The smallest absolute Gasteiger partial charge is 0.227 e. The first-order valence-corrected chi connectivity index (χ1v) is 6.51. The first kappa shape index (κ1) is 11.8. The van der Waals surface area contributed by atoms with Crippen molar-refractivity contribution in [1.82, 2.24) is 9.97 Å². The highest BCUT2D eigenvalue weighted by molar-refractivity contribution is 5.59. The molecule has 5 heteroatoms. The summed E-state index contributed by atoms with van der Waals surface area (Å²) in [5.74, 6) is 0.558. The van der Waals surface area contributed by atoms with Crippen molar-refractivity contribution in [3.05, 3.63) is 36.7 Å². The number of nitrogens with two attached hydrogens (primary N) is 1. The standard InChI is InChI=1S/C14H17N5/c15-11-9-16-14(17-10-11)18-12-3-5-13(6-4-12)19-7-1-2-8-19/h3-6,9-10H,1-2,7-8,15H2,(H,16,17,18). The highest BCUT2D eigenvalue weighted by Gasteiger charge is 2.11. The summed E-state index contributed by atoms with van der Waals surface area (Å²) in [6.45, 7) is 2.32. The number of hydrogen-bond acceptors (Lipinski definition) is 5. The van der Waals surface area contributed by atoms with E-state index in [-0.39, 0.29) is 0 Å². The third kappa shape index (κ3) is 2.76. The van der Waals surface area contributed by atoms with Crippen LogP contribution in [0.5, 0.6) is 0 Å². The second-order valence-corrected chi connectivity index (χ2v) is 4.71. The molecule has 3 N–H and O–H groups in total. The van der Waals surface area contributed by atoms with Gasteiger partial charge in [-0.3, -0.25) is 0 Å². The highest BCUT2D eigenvalue weighted by atomic mass is 15.1. The van der Waals surface area contributed by atoms with E-state index in [0.717, 1.165) is 18.8 Å². The Morgan fingerprint density at radius 1 is 1.00 bits per heavy atom. The van der Waals surface area contributed by atoms with Crippen LogP contribution < -0.4 is 16.0 Å². The van der Waals surface area contributed by atoms with E-state index in [2.05, 4.69) is 32.3 Å². The van der Waals surface area contributed by atoms with Crippen molar-refractivity contribution in [2.45, 2.75) is 12.8 Å². The molecular weight excluding hydrogens is 238 g/mol. The molecule has 0 aliphatic carbocycles. The molecule has 1 aromatic heterocycles. The summed E-state index contributed by atoms with van der Waals surface area (Å²) in [5, 5.41) is 3.15. The van der Waals surface area contributed by atoms with Crippen molar-refractivity contribution in [3.8, 4) is 0 Å². The van der Waals surface area contributed by atoms with Crippen LogP contribution in [0.3, 0.4) is 0 Å². The molecule has 2 heterocycles. The number of benzene rings is 1. The number of anilines is 4. The Balaban J connectivity index is 1.70. The van der Waals surface area contributed by atoms with Gasteiger partial charge in [-0.25, -0.2) is 9.97 Å². The van der Waals surface area contributed by atoms with Crippen molar-refractivity contribution in [2.75, 3.05) is 29.0 Å². The lowest BCUT2D eigenvalue weighted by atomic mass is 10.2. The second kappa shape index (κ2) is 5.14. The number of nitrogens with one attached hydrogen (secondary N) is 1.